The number of nitrogens with zero attached hydrogens (tertiary/aromatic N) is 1. The van der Waals surface area contributed by atoms with E-state index >= 15 is 0 Å². The highest BCUT2D eigenvalue weighted by atomic mass is 32.2. The smallest absolute Gasteiger partial charge is 0.416 e. The lowest BCUT2D eigenvalue weighted by molar-refractivity contribution is -0.137. The zero-order valence-corrected chi connectivity index (χ0v) is 11.6. The van der Waals surface area contributed by atoms with Gasteiger partial charge in [0, 0.05) is 10.5 Å². The first kappa shape index (κ1) is 15.3. The van der Waals surface area contributed by atoms with Crippen molar-refractivity contribution in [3.8, 4) is 0 Å². The zero-order valence-electron chi connectivity index (χ0n) is 10.8. The Morgan fingerprint density at radius 1 is 1.29 bits per heavy atom. The molecule has 0 bridgehead atoms. The monoisotopic (exact) mass is 316 g/mol. The second-order valence-electron chi connectivity index (χ2n) is 4.14. The van der Waals surface area contributed by atoms with Crippen LogP contribution < -0.4 is 5.73 Å². The van der Waals surface area contributed by atoms with E-state index in [9.17, 15) is 13.2 Å². The van der Waals surface area contributed by atoms with Crippen LogP contribution in [0.25, 0.3) is 0 Å². The molecule has 1 aromatic heterocycles. The van der Waals surface area contributed by atoms with Crippen molar-refractivity contribution in [2.45, 2.75) is 22.9 Å². The molecule has 0 radical (unpaired) electrons. The number of benzene rings is 1. The molecular formula is C13H11F3N2O2S. The van der Waals surface area contributed by atoms with Gasteiger partial charge in [-0.1, -0.05) is 16.9 Å². The van der Waals surface area contributed by atoms with E-state index < -0.39 is 11.7 Å². The summed E-state index contributed by atoms with van der Waals surface area (Å²) < 4.78 is 43.4. The van der Waals surface area contributed by atoms with Crippen molar-refractivity contribution in [2.75, 3.05) is 0 Å². The van der Waals surface area contributed by atoms with E-state index in [0.29, 0.717) is 10.7 Å². The minimum absolute atomic E-state index is 0.0120. The standard InChI is InChI=1S/C13H11F3N2O2S/c1-7-10(4-5-20-7)21-11-3-2-8(13(14,15)16)6-9(11)12(17)18-19/h2-6,19H,1H3,(H2,17,18). The molecule has 0 amide bonds. The third-order valence-electron chi connectivity index (χ3n) is 2.72. The van der Waals surface area contributed by atoms with Gasteiger partial charge in [-0.05, 0) is 31.2 Å². The van der Waals surface area contributed by atoms with Gasteiger partial charge in [-0.3, -0.25) is 0 Å². The second-order valence-corrected chi connectivity index (χ2v) is 5.22. The SMILES string of the molecule is Cc1occc1Sc1ccc(C(F)(F)F)cc1/C(N)=N/O. The van der Waals surface area contributed by atoms with Crippen LogP contribution in [0.15, 0.2) is 49.9 Å². The van der Waals surface area contributed by atoms with Crippen molar-refractivity contribution in [3.63, 3.8) is 0 Å². The number of hydrogen-bond acceptors (Lipinski definition) is 4. The first-order valence-electron chi connectivity index (χ1n) is 5.74. The summed E-state index contributed by atoms with van der Waals surface area (Å²) in [5.74, 6) is 0.245. The van der Waals surface area contributed by atoms with Crippen molar-refractivity contribution < 1.29 is 22.8 Å². The van der Waals surface area contributed by atoms with E-state index in [1.54, 1.807) is 13.0 Å². The molecular weight excluding hydrogens is 305 g/mol. The lowest BCUT2D eigenvalue weighted by Gasteiger charge is -2.12. The van der Waals surface area contributed by atoms with Gasteiger partial charge in [0.2, 0.25) is 0 Å². The van der Waals surface area contributed by atoms with Gasteiger partial charge in [-0.2, -0.15) is 13.2 Å². The van der Waals surface area contributed by atoms with Gasteiger partial charge in [-0.15, -0.1) is 0 Å². The fourth-order valence-corrected chi connectivity index (χ4v) is 2.61. The molecule has 0 unspecified atom stereocenters. The Kier molecular flexibility index (Phi) is 4.17. The van der Waals surface area contributed by atoms with Crippen molar-refractivity contribution in [1.29, 1.82) is 0 Å². The molecule has 4 nitrogen and oxygen atoms in total. The summed E-state index contributed by atoms with van der Waals surface area (Å²) in [6.45, 7) is 1.73. The molecule has 112 valence electrons. The Morgan fingerprint density at radius 2 is 2.00 bits per heavy atom. The van der Waals surface area contributed by atoms with Crippen LogP contribution in [0.2, 0.25) is 0 Å². The molecule has 0 saturated heterocycles. The molecule has 2 aromatic rings. The Bertz CT molecular complexity index is 680. The Balaban J connectivity index is 2.48. The van der Waals surface area contributed by atoms with Gasteiger partial charge in [0.1, 0.15) is 5.76 Å². The van der Waals surface area contributed by atoms with Crippen molar-refractivity contribution >= 4 is 17.6 Å². The summed E-state index contributed by atoms with van der Waals surface area (Å²) in [7, 11) is 0. The first-order valence-corrected chi connectivity index (χ1v) is 6.55. The molecule has 8 heteroatoms. The molecule has 0 fully saturated rings. The Hall–Kier alpha value is -2.09. The van der Waals surface area contributed by atoms with E-state index in [2.05, 4.69) is 5.16 Å². The Morgan fingerprint density at radius 3 is 2.52 bits per heavy atom. The molecule has 0 aliphatic carbocycles. The fraction of sp³-hybridized carbons (Fsp3) is 0.154. The normalized spacial score (nSPS) is 12.7. The van der Waals surface area contributed by atoms with Crippen molar-refractivity contribution in [1.82, 2.24) is 0 Å². The van der Waals surface area contributed by atoms with Crippen LogP contribution in [0.3, 0.4) is 0 Å². The largest absolute Gasteiger partial charge is 0.468 e. The molecule has 3 N–H and O–H groups in total. The fourth-order valence-electron chi connectivity index (χ4n) is 1.65. The summed E-state index contributed by atoms with van der Waals surface area (Å²) in [6, 6.07) is 4.78. The van der Waals surface area contributed by atoms with E-state index in [4.69, 9.17) is 15.4 Å². The average Bonchev–Trinajstić information content (AvgIpc) is 2.82. The first-order chi connectivity index (χ1) is 9.82. The molecule has 0 spiro atoms. The minimum atomic E-state index is -4.50. The van der Waals surface area contributed by atoms with Crippen LogP contribution in [-0.4, -0.2) is 11.0 Å². The highest BCUT2D eigenvalue weighted by Gasteiger charge is 2.31. The number of aryl methyl sites for hydroxylation is 1. The number of hydrogen-bond donors (Lipinski definition) is 2. The van der Waals surface area contributed by atoms with Gasteiger partial charge in [0.25, 0.3) is 0 Å². The number of halogens is 3. The number of alkyl halides is 3. The molecule has 1 aromatic carbocycles. The third-order valence-corrected chi connectivity index (χ3v) is 3.94. The van der Waals surface area contributed by atoms with Gasteiger partial charge in [0.05, 0.1) is 16.7 Å². The van der Waals surface area contributed by atoms with Crippen LogP contribution in [-0.2, 0) is 6.18 Å². The number of rotatable bonds is 3. The summed E-state index contributed by atoms with van der Waals surface area (Å²) >= 11 is 1.18. The number of furan rings is 1. The molecule has 0 aliphatic heterocycles. The maximum Gasteiger partial charge on any atom is 0.416 e. The van der Waals surface area contributed by atoms with Gasteiger partial charge in [0.15, 0.2) is 5.84 Å². The second kappa shape index (κ2) is 5.72. The zero-order chi connectivity index (χ0) is 15.6. The third kappa shape index (κ3) is 3.33. The highest BCUT2D eigenvalue weighted by Crippen LogP contribution is 2.37. The van der Waals surface area contributed by atoms with E-state index in [-0.39, 0.29) is 11.4 Å². The molecule has 0 saturated carbocycles. The molecule has 1 heterocycles. The quantitative estimate of drug-likeness (QED) is 0.390. The number of oxime groups is 1. The summed E-state index contributed by atoms with van der Waals surface area (Å²) in [5.41, 5.74) is 4.62. The minimum Gasteiger partial charge on any atom is -0.468 e. The van der Waals surface area contributed by atoms with Crippen molar-refractivity contribution in [3.05, 3.63) is 47.4 Å². The van der Waals surface area contributed by atoms with Crippen LogP contribution in [0.1, 0.15) is 16.9 Å². The summed E-state index contributed by atoms with van der Waals surface area (Å²) in [5, 5.41) is 11.5. The van der Waals surface area contributed by atoms with E-state index in [1.165, 1.54) is 24.1 Å². The van der Waals surface area contributed by atoms with Gasteiger partial charge < -0.3 is 15.4 Å². The molecule has 0 aliphatic rings. The van der Waals surface area contributed by atoms with Crippen molar-refractivity contribution in [2.24, 2.45) is 10.9 Å². The summed E-state index contributed by atoms with van der Waals surface area (Å²) in [6.07, 6.45) is -3.02. The van der Waals surface area contributed by atoms with Crippen LogP contribution in [0, 0.1) is 6.92 Å². The lowest BCUT2D eigenvalue weighted by Crippen LogP contribution is -2.16. The topological polar surface area (TPSA) is 71.8 Å². The molecule has 0 atom stereocenters. The van der Waals surface area contributed by atoms with Gasteiger partial charge in [-0.25, -0.2) is 0 Å². The van der Waals surface area contributed by atoms with Gasteiger partial charge >= 0.3 is 6.18 Å². The maximum absolute atomic E-state index is 12.7. The van der Waals surface area contributed by atoms with Crippen LogP contribution >= 0.6 is 11.8 Å². The van der Waals surface area contributed by atoms with Crippen LogP contribution in [0.4, 0.5) is 13.2 Å². The Labute approximate surface area is 122 Å². The number of amidine groups is 1. The lowest BCUT2D eigenvalue weighted by atomic mass is 10.1. The average molecular weight is 316 g/mol. The predicted octanol–water partition coefficient (Wildman–Crippen LogP) is 3.85. The predicted molar refractivity (Wildman–Crippen MR) is 71.5 cm³/mol. The highest BCUT2D eigenvalue weighted by molar-refractivity contribution is 7.99. The maximum atomic E-state index is 12.7. The van der Waals surface area contributed by atoms with E-state index in [0.717, 1.165) is 17.0 Å². The molecule has 2 rings (SSSR count). The number of nitrogens with two attached hydrogens (primary N) is 1. The van der Waals surface area contributed by atoms with E-state index in [1.807, 2.05) is 0 Å². The van der Waals surface area contributed by atoms with Crippen LogP contribution in [0.5, 0.6) is 0 Å². The summed E-state index contributed by atoms with van der Waals surface area (Å²) in [4.78, 5) is 1.17. The molecule has 21 heavy (non-hydrogen) atoms.